The number of ether oxygens (including phenoxy) is 1. The molecule has 140 valence electrons. The molecule has 2 aromatic rings. The van der Waals surface area contributed by atoms with Crippen molar-refractivity contribution in [1.29, 1.82) is 0 Å². The van der Waals surface area contributed by atoms with Crippen molar-refractivity contribution in [2.75, 3.05) is 26.2 Å². The van der Waals surface area contributed by atoms with E-state index in [1.165, 1.54) is 5.56 Å². The molecule has 4 heterocycles. The van der Waals surface area contributed by atoms with Crippen molar-refractivity contribution in [3.05, 3.63) is 41.9 Å². The van der Waals surface area contributed by atoms with Gasteiger partial charge in [0.1, 0.15) is 12.4 Å². The predicted octanol–water partition coefficient (Wildman–Crippen LogP) is 2.19. The molecule has 2 aromatic heterocycles. The van der Waals surface area contributed by atoms with Crippen LogP contribution in [0.2, 0.25) is 0 Å². The summed E-state index contributed by atoms with van der Waals surface area (Å²) in [5.41, 5.74) is 2.23. The lowest BCUT2D eigenvalue weighted by Gasteiger charge is -2.34. The van der Waals surface area contributed by atoms with Crippen LogP contribution in [0.4, 0.5) is 0 Å². The van der Waals surface area contributed by atoms with Crippen molar-refractivity contribution in [1.82, 2.24) is 19.4 Å². The fraction of sp³-hybridized carbons (Fsp3) is 0.579. The highest BCUT2D eigenvalue weighted by Crippen LogP contribution is 2.27. The van der Waals surface area contributed by atoms with Gasteiger partial charge in [0.05, 0.1) is 37.1 Å². The quantitative estimate of drug-likeness (QED) is 0.792. The van der Waals surface area contributed by atoms with Crippen LogP contribution in [0.3, 0.4) is 0 Å². The highest BCUT2D eigenvalue weighted by atomic mass is 16.5. The zero-order valence-electron chi connectivity index (χ0n) is 15.3. The van der Waals surface area contributed by atoms with E-state index in [9.17, 15) is 4.79 Å². The summed E-state index contributed by atoms with van der Waals surface area (Å²) in [6, 6.07) is 2.24. The summed E-state index contributed by atoms with van der Waals surface area (Å²) in [6.45, 7) is 7.21. The van der Waals surface area contributed by atoms with Gasteiger partial charge >= 0.3 is 0 Å². The third-order valence-electron chi connectivity index (χ3n) is 5.40. The van der Waals surface area contributed by atoms with Gasteiger partial charge in [-0.25, -0.2) is 4.98 Å². The van der Waals surface area contributed by atoms with Crippen LogP contribution in [0.25, 0.3) is 0 Å². The number of carbonyl (C=O) groups is 1. The van der Waals surface area contributed by atoms with Crippen LogP contribution in [0.5, 0.6) is 0 Å². The average Bonchev–Trinajstić information content (AvgIpc) is 3.39. The molecule has 2 aliphatic heterocycles. The molecular formula is C19H26N4O3. The minimum absolute atomic E-state index is 0.0977. The zero-order valence-corrected chi connectivity index (χ0v) is 15.3. The van der Waals surface area contributed by atoms with E-state index < -0.39 is 0 Å². The van der Waals surface area contributed by atoms with Gasteiger partial charge in [0.2, 0.25) is 5.91 Å². The number of carbonyl (C=O) groups excluding carboxylic acids is 1. The Bertz CT molecular complexity index is 734. The molecular weight excluding hydrogens is 332 g/mol. The number of furan rings is 1. The van der Waals surface area contributed by atoms with Gasteiger partial charge in [-0.2, -0.15) is 0 Å². The number of hydrogen-bond donors (Lipinski definition) is 0. The summed E-state index contributed by atoms with van der Waals surface area (Å²) in [5, 5.41) is 0. The van der Waals surface area contributed by atoms with Crippen molar-refractivity contribution in [2.45, 2.75) is 45.5 Å². The Morgan fingerprint density at radius 3 is 2.92 bits per heavy atom. The summed E-state index contributed by atoms with van der Waals surface area (Å²) in [6.07, 6.45) is 7.60. The Morgan fingerprint density at radius 2 is 2.15 bits per heavy atom. The highest BCUT2D eigenvalue weighted by molar-refractivity contribution is 5.77. The Morgan fingerprint density at radius 1 is 1.31 bits per heavy atom. The van der Waals surface area contributed by atoms with Crippen LogP contribution in [0.1, 0.15) is 42.9 Å². The first-order valence-electron chi connectivity index (χ1n) is 9.37. The lowest BCUT2D eigenvalue weighted by atomic mass is 10.2. The molecule has 0 unspecified atom stereocenters. The second kappa shape index (κ2) is 7.63. The Kier molecular flexibility index (Phi) is 5.08. The van der Waals surface area contributed by atoms with Crippen molar-refractivity contribution in [3.8, 4) is 0 Å². The Hall–Kier alpha value is -2.12. The monoisotopic (exact) mass is 358 g/mol. The van der Waals surface area contributed by atoms with Gasteiger partial charge in [0, 0.05) is 38.3 Å². The maximum absolute atomic E-state index is 12.1. The first-order chi connectivity index (χ1) is 12.7. The molecule has 1 amide bonds. The number of aromatic nitrogens is 2. The molecule has 0 N–H and O–H groups in total. The van der Waals surface area contributed by atoms with E-state index >= 15 is 0 Å². The largest absolute Gasteiger partial charge is 0.472 e. The minimum Gasteiger partial charge on any atom is -0.472 e. The van der Waals surface area contributed by atoms with Crippen molar-refractivity contribution in [3.63, 3.8) is 0 Å². The smallest absolute Gasteiger partial charge is 0.248 e. The molecule has 4 rings (SSSR count). The van der Waals surface area contributed by atoms with E-state index in [2.05, 4.69) is 21.4 Å². The van der Waals surface area contributed by atoms with Gasteiger partial charge < -0.3 is 18.6 Å². The van der Waals surface area contributed by atoms with E-state index in [4.69, 9.17) is 9.15 Å². The predicted molar refractivity (Wildman–Crippen MR) is 95.2 cm³/mol. The van der Waals surface area contributed by atoms with Crippen molar-refractivity contribution < 1.29 is 13.9 Å². The van der Waals surface area contributed by atoms with Gasteiger partial charge in [-0.05, 0) is 25.8 Å². The van der Waals surface area contributed by atoms with Crippen LogP contribution in [0, 0.1) is 0 Å². The summed E-state index contributed by atoms with van der Waals surface area (Å²) in [4.78, 5) is 21.0. The van der Waals surface area contributed by atoms with E-state index in [1.54, 1.807) is 12.5 Å². The molecule has 0 aromatic carbocycles. The summed E-state index contributed by atoms with van der Waals surface area (Å²) < 4.78 is 13.1. The first kappa shape index (κ1) is 17.3. The summed E-state index contributed by atoms with van der Waals surface area (Å²) in [5.74, 6) is 1.16. The molecule has 0 radical (unpaired) electrons. The average molecular weight is 358 g/mol. The van der Waals surface area contributed by atoms with Gasteiger partial charge in [-0.15, -0.1) is 0 Å². The molecule has 0 saturated carbocycles. The van der Waals surface area contributed by atoms with Gasteiger partial charge in [-0.1, -0.05) is 0 Å². The number of amides is 1. The maximum atomic E-state index is 12.1. The molecule has 1 saturated heterocycles. The lowest BCUT2D eigenvalue weighted by Crippen LogP contribution is -2.37. The summed E-state index contributed by atoms with van der Waals surface area (Å²) in [7, 11) is 0. The Balaban J connectivity index is 1.33. The molecule has 7 heteroatoms. The van der Waals surface area contributed by atoms with Crippen LogP contribution in [-0.4, -0.2) is 51.5 Å². The second-order valence-electron chi connectivity index (χ2n) is 7.12. The number of rotatable bonds is 6. The topological polar surface area (TPSA) is 63.7 Å². The fourth-order valence-electron chi connectivity index (χ4n) is 3.85. The first-order valence-corrected chi connectivity index (χ1v) is 9.37. The van der Waals surface area contributed by atoms with Gasteiger partial charge in [-0.3, -0.25) is 9.69 Å². The number of nitrogens with zero attached hydrogens (tertiary/aromatic N) is 4. The van der Waals surface area contributed by atoms with E-state index in [-0.39, 0.29) is 18.6 Å². The molecule has 0 spiro atoms. The van der Waals surface area contributed by atoms with Crippen LogP contribution >= 0.6 is 0 Å². The van der Waals surface area contributed by atoms with Crippen molar-refractivity contribution >= 4 is 5.91 Å². The number of hydrogen-bond acceptors (Lipinski definition) is 5. The third kappa shape index (κ3) is 3.54. The molecule has 0 aliphatic carbocycles. The van der Waals surface area contributed by atoms with Crippen LogP contribution in [0.15, 0.2) is 29.2 Å². The molecule has 26 heavy (non-hydrogen) atoms. The standard InChI is InChI=1S/C19H26N4O3/c1-15-19-20-10-17(13-26-14-18(24)21-5-2-3-6-21)23(19)8-7-22(15)11-16-4-9-25-12-16/h4,9-10,12,15H,2-3,5-8,11,13-14H2,1H3/t15-/m1/s1. The molecule has 1 atom stereocenters. The van der Waals surface area contributed by atoms with Crippen LogP contribution in [-0.2, 0) is 29.2 Å². The van der Waals surface area contributed by atoms with E-state index in [1.807, 2.05) is 17.2 Å². The molecule has 0 bridgehead atoms. The Labute approximate surface area is 153 Å². The highest BCUT2D eigenvalue weighted by Gasteiger charge is 2.27. The summed E-state index contributed by atoms with van der Waals surface area (Å²) >= 11 is 0. The molecule has 2 aliphatic rings. The fourth-order valence-corrected chi connectivity index (χ4v) is 3.85. The van der Waals surface area contributed by atoms with Crippen molar-refractivity contribution in [2.24, 2.45) is 0 Å². The van der Waals surface area contributed by atoms with E-state index in [0.29, 0.717) is 6.61 Å². The SMILES string of the molecule is C[C@@H]1c2ncc(COCC(=O)N3CCCC3)n2CCN1Cc1ccoc1. The van der Waals surface area contributed by atoms with Gasteiger partial charge in [0.15, 0.2) is 0 Å². The maximum Gasteiger partial charge on any atom is 0.248 e. The normalized spacial score (nSPS) is 20.5. The second-order valence-corrected chi connectivity index (χ2v) is 7.12. The number of fused-ring (bicyclic) bond motifs is 1. The molecule has 7 nitrogen and oxygen atoms in total. The third-order valence-corrected chi connectivity index (χ3v) is 5.40. The zero-order chi connectivity index (χ0) is 17.9. The van der Waals surface area contributed by atoms with Gasteiger partial charge in [0.25, 0.3) is 0 Å². The number of likely N-dealkylation sites (tertiary alicyclic amines) is 1. The molecule has 1 fully saturated rings. The van der Waals surface area contributed by atoms with Crippen LogP contribution < -0.4 is 0 Å². The lowest BCUT2D eigenvalue weighted by molar-refractivity contribution is -0.135. The van der Waals surface area contributed by atoms with E-state index in [0.717, 1.165) is 57.1 Å². The number of imidazole rings is 1. The minimum atomic E-state index is 0.0977.